The molecule has 0 saturated carbocycles. The minimum atomic E-state index is -0.743. The molecule has 0 bridgehead atoms. The third-order valence-corrected chi connectivity index (χ3v) is 3.38. The Morgan fingerprint density at radius 3 is 2.88 bits per heavy atom. The van der Waals surface area contributed by atoms with Gasteiger partial charge in [0, 0.05) is 24.4 Å². The summed E-state index contributed by atoms with van der Waals surface area (Å²) in [6.07, 6.45) is 3.84. The Labute approximate surface area is 144 Å². The van der Waals surface area contributed by atoms with Gasteiger partial charge in [0.2, 0.25) is 5.88 Å². The van der Waals surface area contributed by atoms with E-state index in [0.717, 1.165) is 6.29 Å². The Morgan fingerprint density at radius 2 is 2.24 bits per heavy atom. The maximum absolute atomic E-state index is 11.6. The van der Waals surface area contributed by atoms with Crippen molar-refractivity contribution < 1.29 is 14.3 Å². The number of nitrogens with two attached hydrogens (primary N) is 2. The van der Waals surface area contributed by atoms with Crippen LogP contribution >= 0.6 is 0 Å². The van der Waals surface area contributed by atoms with Crippen molar-refractivity contribution in [3.05, 3.63) is 30.2 Å². The fourth-order valence-corrected chi connectivity index (χ4v) is 1.99. The monoisotopic (exact) mass is 345 g/mol. The number of hydrazine groups is 1. The van der Waals surface area contributed by atoms with Gasteiger partial charge >= 0.3 is 0 Å². The zero-order chi connectivity index (χ0) is 18.4. The first kappa shape index (κ1) is 18.1. The van der Waals surface area contributed by atoms with Crippen LogP contribution in [0.5, 0.6) is 5.88 Å². The van der Waals surface area contributed by atoms with Crippen LogP contribution in [0, 0.1) is 0 Å². The molecule has 0 fully saturated rings. The van der Waals surface area contributed by atoms with Gasteiger partial charge in [0.05, 0.1) is 19.3 Å². The number of nitrogens with one attached hydrogen (secondary N) is 1. The minimum Gasteiger partial charge on any atom is -0.481 e. The highest BCUT2D eigenvalue weighted by Gasteiger charge is 2.18. The number of pyridine rings is 1. The van der Waals surface area contributed by atoms with Crippen LogP contribution in [-0.4, -0.2) is 40.3 Å². The summed E-state index contributed by atoms with van der Waals surface area (Å²) in [7, 11) is 1.49. The lowest BCUT2D eigenvalue weighted by Gasteiger charge is -2.24. The predicted molar refractivity (Wildman–Crippen MR) is 91.4 cm³/mol. The average molecular weight is 345 g/mol. The first-order valence-corrected chi connectivity index (χ1v) is 7.37. The number of ether oxygens (including phenoxy) is 1. The number of aldehydes is 1. The van der Waals surface area contributed by atoms with Crippen molar-refractivity contribution in [3.63, 3.8) is 0 Å². The SMILES string of the molecule is COc1cc(Nc2nc(N(N)C(C)CC=O)cnc2C(N)=O)ccn1. The van der Waals surface area contributed by atoms with Gasteiger partial charge in [-0.15, -0.1) is 0 Å². The normalized spacial score (nSPS) is 11.5. The number of hydrogen-bond donors (Lipinski definition) is 3. The molecular formula is C15H19N7O3. The summed E-state index contributed by atoms with van der Waals surface area (Å²) >= 11 is 0. The van der Waals surface area contributed by atoms with Crippen molar-refractivity contribution in [1.82, 2.24) is 15.0 Å². The lowest BCUT2D eigenvalue weighted by atomic mass is 10.2. The standard InChI is InChI=1S/C15H19N7O3/c1-9(4-6-23)22(17)11-8-19-13(14(16)24)15(21-11)20-10-3-5-18-12(7-10)25-2/h3,5-9H,4,17H2,1-2H3,(H2,16,24)(H,18,20,21). The first-order chi connectivity index (χ1) is 12.0. The van der Waals surface area contributed by atoms with Crippen LogP contribution in [0.15, 0.2) is 24.5 Å². The smallest absolute Gasteiger partial charge is 0.271 e. The number of carbonyl (C=O) groups excluding carboxylic acids is 2. The molecule has 1 amide bonds. The molecule has 10 nitrogen and oxygen atoms in total. The highest BCUT2D eigenvalue weighted by atomic mass is 16.5. The van der Waals surface area contributed by atoms with Gasteiger partial charge in [-0.1, -0.05) is 0 Å². The number of amides is 1. The Morgan fingerprint density at radius 1 is 1.48 bits per heavy atom. The highest BCUT2D eigenvalue weighted by molar-refractivity contribution is 5.96. The lowest BCUT2D eigenvalue weighted by molar-refractivity contribution is -0.108. The molecule has 5 N–H and O–H groups in total. The summed E-state index contributed by atoms with van der Waals surface area (Å²) in [5.41, 5.74) is 5.88. The van der Waals surface area contributed by atoms with Gasteiger partial charge in [-0.2, -0.15) is 0 Å². The molecule has 0 saturated heterocycles. The molecule has 0 aromatic carbocycles. The van der Waals surface area contributed by atoms with Gasteiger partial charge in [0.15, 0.2) is 17.3 Å². The maximum Gasteiger partial charge on any atom is 0.271 e. The number of methoxy groups -OCH3 is 1. The molecule has 0 aliphatic heterocycles. The summed E-state index contributed by atoms with van der Waals surface area (Å²) in [5, 5.41) is 4.24. The van der Waals surface area contributed by atoms with Crippen LogP contribution in [0.3, 0.4) is 0 Å². The summed E-state index contributed by atoms with van der Waals surface area (Å²) in [4.78, 5) is 34.6. The van der Waals surface area contributed by atoms with Crippen molar-refractivity contribution in [2.75, 3.05) is 17.4 Å². The highest BCUT2D eigenvalue weighted by Crippen LogP contribution is 2.22. The van der Waals surface area contributed by atoms with Crippen molar-refractivity contribution in [3.8, 4) is 5.88 Å². The molecule has 0 aliphatic carbocycles. The molecule has 2 aromatic heterocycles. The maximum atomic E-state index is 11.6. The number of carbonyl (C=O) groups is 2. The Kier molecular flexibility index (Phi) is 5.79. The van der Waals surface area contributed by atoms with Gasteiger partial charge in [-0.05, 0) is 13.0 Å². The van der Waals surface area contributed by atoms with Gasteiger partial charge in [0.1, 0.15) is 6.29 Å². The molecular weight excluding hydrogens is 326 g/mol. The molecule has 132 valence electrons. The van der Waals surface area contributed by atoms with E-state index in [1.807, 2.05) is 0 Å². The fraction of sp³-hybridized carbons (Fsp3) is 0.267. The second-order valence-electron chi connectivity index (χ2n) is 5.16. The van der Waals surface area contributed by atoms with E-state index in [2.05, 4.69) is 20.3 Å². The topological polar surface area (TPSA) is 149 Å². The van der Waals surface area contributed by atoms with Gasteiger partial charge in [0.25, 0.3) is 5.91 Å². The number of anilines is 3. The third kappa shape index (κ3) is 4.38. The molecule has 10 heteroatoms. The second kappa shape index (κ2) is 8.02. The number of aromatic nitrogens is 3. The molecule has 2 aromatic rings. The number of hydrogen-bond acceptors (Lipinski definition) is 9. The zero-order valence-corrected chi connectivity index (χ0v) is 13.8. The van der Waals surface area contributed by atoms with Crippen molar-refractivity contribution in [2.24, 2.45) is 11.6 Å². The van der Waals surface area contributed by atoms with Crippen LogP contribution in [0.2, 0.25) is 0 Å². The molecule has 25 heavy (non-hydrogen) atoms. The van der Waals surface area contributed by atoms with E-state index in [1.165, 1.54) is 24.5 Å². The van der Waals surface area contributed by atoms with Gasteiger partial charge in [-0.25, -0.2) is 20.8 Å². The lowest BCUT2D eigenvalue weighted by Crippen LogP contribution is -2.40. The predicted octanol–water partition coefficient (Wildman–Crippen LogP) is 0.380. The van der Waals surface area contributed by atoms with Crippen LogP contribution < -0.4 is 26.6 Å². The molecule has 2 heterocycles. The van der Waals surface area contributed by atoms with Gasteiger partial charge < -0.3 is 20.6 Å². The van der Waals surface area contributed by atoms with E-state index < -0.39 is 5.91 Å². The van der Waals surface area contributed by atoms with Crippen molar-refractivity contribution in [1.29, 1.82) is 0 Å². The number of primary amides is 1. The molecule has 0 aliphatic rings. The summed E-state index contributed by atoms with van der Waals surface area (Å²) in [5.74, 6) is 6.01. The molecule has 1 atom stereocenters. The van der Waals surface area contributed by atoms with E-state index in [4.69, 9.17) is 16.3 Å². The summed E-state index contributed by atoms with van der Waals surface area (Å²) in [6, 6.07) is 2.99. The van der Waals surface area contributed by atoms with Crippen molar-refractivity contribution in [2.45, 2.75) is 19.4 Å². The number of rotatable bonds is 8. The largest absolute Gasteiger partial charge is 0.481 e. The molecule has 0 radical (unpaired) electrons. The Hall–Kier alpha value is -3.27. The van der Waals surface area contributed by atoms with E-state index in [9.17, 15) is 9.59 Å². The van der Waals surface area contributed by atoms with E-state index >= 15 is 0 Å². The second-order valence-corrected chi connectivity index (χ2v) is 5.16. The van der Waals surface area contributed by atoms with Crippen LogP contribution in [-0.2, 0) is 4.79 Å². The summed E-state index contributed by atoms with van der Waals surface area (Å²) in [6.45, 7) is 1.76. The van der Waals surface area contributed by atoms with E-state index in [0.29, 0.717) is 11.6 Å². The molecule has 0 spiro atoms. The average Bonchev–Trinajstić information content (AvgIpc) is 2.61. The fourth-order valence-electron chi connectivity index (χ4n) is 1.99. The molecule has 2 rings (SSSR count). The Bertz CT molecular complexity index is 769. The van der Waals surface area contributed by atoms with Crippen LogP contribution in [0.25, 0.3) is 0 Å². The Balaban J connectivity index is 2.37. The minimum absolute atomic E-state index is 0.0454. The molecule has 1 unspecified atom stereocenters. The third-order valence-electron chi connectivity index (χ3n) is 3.38. The van der Waals surface area contributed by atoms with E-state index in [-0.39, 0.29) is 29.8 Å². The van der Waals surface area contributed by atoms with Crippen molar-refractivity contribution >= 4 is 29.5 Å². The van der Waals surface area contributed by atoms with Crippen LogP contribution in [0.4, 0.5) is 17.3 Å². The quantitative estimate of drug-likeness (QED) is 0.350. The van der Waals surface area contributed by atoms with Crippen LogP contribution in [0.1, 0.15) is 23.8 Å². The number of nitrogens with zero attached hydrogens (tertiary/aromatic N) is 4. The summed E-state index contributed by atoms with van der Waals surface area (Å²) < 4.78 is 5.05. The first-order valence-electron chi connectivity index (χ1n) is 7.37. The van der Waals surface area contributed by atoms with Gasteiger partial charge in [-0.3, -0.25) is 9.80 Å². The zero-order valence-electron chi connectivity index (χ0n) is 13.8. The van der Waals surface area contributed by atoms with E-state index in [1.54, 1.807) is 19.1 Å².